The maximum atomic E-state index is 5.71. The minimum atomic E-state index is 0. The van der Waals surface area contributed by atoms with Crippen LogP contribution < -0.4 is 15.4 Å². The van der Waals surface area contributed by atoms with E-state index in [9.17, 15) is 0 Å². The lowest BCUT2D eigenvalue weighted by atomic mass is 10.1. The molecule has 2 heterocycles. The first-order valence-corrected chi connectivity index (χ1v) is 9.50. The Bertz CT molecular complexity index is 539. The van der Waals surface area contributed by atoms with Crippen molar-refractivity contribution in [2.45, 2.75) is 32.7 Å². The minimum Gasteiger partial charge on any atom is -0.477 e. The zero-order valence-electron chi connectivity index (χ0n) is 16.4. The molecule has 0 aliphatic carbocycles. The van der Waals surface area contributed by atoms with E-state index in [4.69, 9.17) is 14.2 Å². The van der Waals surface area contributed by atoms with Gasteiger partial charge in [-0.15, -0.1) is 24.0 Å². The van der Waals surface area contributed by atoms with E-state index < -0.39 is 0 Å². The highest BCUT2D eigenvalue weighted by Gasteiger charge is 2.15. The summed E-state index contributed by atoms with van der Waals surface area (Å²) in [4.78, 5) is 8.55. The Kier molecular flexibility index (Phi) is 13.2. The summed E-state index contributed by atoms with van der Waals surface area (Å²) in [7, 11) is 1.77. The lowest BCUT2D eigenvalue weighted by Crippen LogP contribution is -2.37. The van der Waals surface area contributed by atoms with Crippen LogP contribution in [0.5, 0.6) is 5.88 Å². The van der Waals surface area contributed by atoms with Crippen molar-refractivity contribution in [2.75, 3.05) is 46.6 Å². The SMILES string of the molecule is CCCOc1ncccc1CNC(=NC)NCCCOCC1CCOC1.I. The number of ether oxygens (including phenoxy) is 3. The van der Waals surface area contributed by atoms with Crippen molar-refractivity contribution in [3.63, 3.8) is 0 Å². The number of guanidine groups is 1. The van der Waals surface area contributed by atoms with Crippen LogP contribution in [0.4, 0.5) is 0 Å². The van der Waals surface area contributed by atoms with E-state index >= 15 is 0 Å². The van der Waals surface area contributed by atoms with Gasteiger partial charge in [0, 0.05) is 51.0 Å². The molecule has 1 aromatic rings. The molecule has 0 aromatic carbocycles. The second-order valence-corrected chi connectivity index (χ2v) is 6.33. The third kappa shape index (κ3) is 9.57. The van der Waals surface area contributed by atoms with Crippen molar-refractivity contribution in [1.29, 1.82) is 0 Å². The van der Waals surface area contributed by atoms with Crippen molar-refractivity contribution >= 4 is 29.9 Å². The molecule has 0 radical (unpaired) electrons. The van der Waals surface area contributed by atoms with Crippen LogP contribution >= 0.6 is 24.0 Å². The van der Waals surface area contributed by atoms with Crippen LogP contribution in [0.1, 0.15) is 31.7 Å². The normalized spacial score (nSPS) is 16.7. The van der Waals surface area contributed by atoms with Gasteiger partial charge in [-0.3, -0.25) is 4.99 Å². The average Bonchev–Trinajstić information content (AvgIpc) is 3.19. The van der Waals surface area contributed by atoms with Gasteiger partial charge in [-0.05, 0) is 25.3 Å². The van der Waals surface area contributed by atoms with Gasteiger partial charge in [0.2, 0.25) is 5.88 Å². The van der Waals surface area contributed by atoms with Gasteiger partial charge in [-0.25, -0.2) is 4.98 Å². The molecule has 1 atom stereocenters. The van der Waals surface area contributed by atoms with Crippen molar-refractivity contribution in [2.24, 2.45) is 10.9 Å². The van der Waals surface area contributed by atoms with E-state index in [1.54, 1.807) is 13.2 Å². The van der Waals surface area contributed by atoms with Crippen molar-refractivity contribution in [3.8, 4) is 5.88 Å². The van der Waals surface area contributed by atoms with Gasteiger partial charge >= 0.3 is 0 Å². The second kappa shape index (κ2) is 14.9. The lowest BCUT2D eigenvalue weighted by Gasteiger charge is -2.14. The summed E-state index contributed by atoms with van der Waals surface area (Å²) in [6, 6.07) is 3.93. The molecule has 0 saturated carbocycles. The molecule has 1 aliphatic heterocycles. The summed E-state index contributed by atoms with van der Waals surface area (Å²) in [6.07, 6.45) is 4.76. The summed E-state index contributed by atoms with van der Waals surface area (Å²) >= 11 is 0. The van der Waals surface area contributed by atoms with Gasteiger partial charge in [0.05, 0.1) is 19.8 Å². The Morgan fingerprint density at radius 3 is 3.00 bits per heavy atom. The van der Waals surface area contributed by atoms with Gasteiger partial charge in [0.1, 0.15) is 0 Å². The maximum absolute atomic E-state index is 5.71. The smallest absolute Gasteiger partial charge is 0.218 e. The van der Waals surface area contributed by atoms with Crippen molar-refractivity contribution < 1.29 is 14.2 Å². The zero-order valence-corrected chi connectivity index (χ0v) is 18.7. The van der Waals surface area contributed by atoms with Crippen LogP contribution in [0.25, 0.3) is 0 Å². The highest BCUT2D eigenvalue weighted by Crippen LogP contribution is 2.14. The van der Waals surface area contributed by atoms with E-state index in [-0.39, 0.29) is 24.0 Å². The maximum Gasteiger partial charge on any atom is 0.218 e. The zero-order chi connectivity index (χ0) is 18.5. The van der Waals surface area contributed by atoms with Crippen LogP contribution in [0, 0.1) is 5.92 Å². The van der Waals surface area contributed by atoms with Gasteiger partial charge in [0.15, 0.2) is 5.96 Å². The number of hydrogen-bond donors (Lipinski definition) is 2. The van der Waals surface area contributed by atoms with Crippen LogP contribution in [-0.2, 0) is 16.0 Å². The lowest BCUT2D eigenvalue weighted by molar-refractivity contribution is 0.0888. The Balaban J connectivity index is 0.00000364. The summed E-state index contributed by atoms with van der Waals surface area (Å²) < 4.78 is 16.7. The van der Waals surface area contributed by atoms with Crippen LogP contribution in [0.3, 0.4) is 0 Å². The average molecular weight is 492 g/mol. The van der Waals surface area contributed by atoms with Crippen LogP contribution in [-0.4, -0.2) is 57.6 Å². The molecule has 8 heteroatoms. The third-order valence-electron chi connectivity index (χ3n) is 4.10. The second-order valence-electron chi connectivity index (χ2n) is 6.33. The first-order chi connectivity index (χ1) is 12.8. The fourth-order valence-electron chi connectivity index (χ4n) is 2.63. The Morgan fingerprint density at radius 1 is 1.37 bits per heavy atom. The van der Waals surface area contributed by atoms with Gasteiger partial charge < -0.3 is 24.8 Å². The Hall–Kier alpha value is -1.13. The fraction of sp³-hybridized carbons (Fsp3) is 0.684. The number of halogens is 1. The molecule has 7 nitrogen and oxygen atoms in total. The first kappa shape index (κ1) is 23.9. The van der Waals surface area contributed by atoms with E-state index in [1.165, 1.54) is 0 Å². The molecule has 2 N–H and O–H groups in total. The molecule has 1 aliphatic rings. The quantitative estimate of drug-likeness (QED) is 0.214. The highest BCUT2D eigenvalue weighted by atomic mass is 127. The molecule has 1 saturated heterocycles. The van der Waals surface area contributed by atoms with E-state index in [2.05, 4.69) is 27.5 Å². The summed E-state index contributed by atoms with van der Waals surface area (Å²) in [6.45, 7) is 7.44. The molecule has 0 bridgehead atoms. The Labute approximate surface area is 179 Å². The van der Waals surface area contributed by atoms with E-state index in [1.807, 2.05) is 12.1 Å². The van der Waals surface area contributed by atoms with Crippen molar-refractivity contribution in [3.05, 3.63) is 23.9 Å². The standard InChI is InChI=1S/C19H32N4O3.HI/c1-3-10-26-18-17(6-4-8-21-18)13-23-19(20-2)22-9-5-11-24-14-16-7-12-25-15-16;/h4,6,8,16H,3,5,7,9-15H2,1-2H3,(H2,20,22,23);1H. The number of pyridine rings is 1. The van der Waals surface area contributed by atoms with Crippen LogP contribution in [0.2, 0.25) is 0 Å². The molecule has 1 aromatic heterocycles. The minimum absolute atomic E-state index is 0. The highest BCUT2D eigenvalue weighted by molar-refractivity contribution is 14.0. The number of aliphatic imine (C=N–C) groups is 1. The molecular weight excluding hydrogens is 459 g/mol. The van der Waals surface area contributed by atoms with Crippen LogP contribution in [0.15, 0.2) is 23.3 Å². The van der Waals surface area contributed by atoms with Gasteiger partial charge in [-0.2, -0.15) is 0 Å². The number of rotatable bonds is 11. The largest absolute Gasteiger partial charge is 0.477 e. The number of nitrogens with one attached hydrogen (secondary N) is 2. The summed E-state index contributed by atoms with van der Waals surface area (Å²) in [5.41, 5.74) is 1.02. The predicted molar refractivity (Wildman–Crippen MR) is 118 cm³/mol. The third-order valence-corrected chi connectivity index (χ3v) is 4.10. The molecule has 2 rings (SSSR count). The monoisotopic (exact) mass is 492 g/mol. The topological polar surface area (TPSA) is 77.0 Å². The van der Waals surface area contributed by atoms with E-state index in [0.717, 1.165) is 63.8 Å². The molecule has 154 valence electrons. The predicted octanol–water partition coefficient (Wildman–Crippen LogP) is 2.60. The molecule has 27 heavy (non-hydrogen) atoms. The number of nitrogens with zero attached hydrogens (tertiary/aromatic N) is 2. The first-order valence-electron chi connectivity index (χ1n) is 9.50. The summed E-state index contributed by atoms with van der Waals surface area (Å²) in [5.74, 6) is 2.02. The fourth-order valence-corrected chi connectivity index (χ4v) is 2.63. The van der Waals surface area contributed by atoms with E-state index in [0.29, 0.717) is 24.9 Å². The number of hydrogen-bond acceptors (Lipinski definition) is 5. The summed E-state index contributed by atoms with van der Waals surface area (Å²) in [5, 5.41) is 6.60. The van der Waals surface area contributed by atoms with Crippen molar-refractivity contribution in [1.82, 2.24) is 15.6 Å². The number of aromatic nitrogens is 1. The molecular formula is C19H33IN4O3. The Morgan fingerprint density at radius 2 is 2.26 bits per heavy atom. The molecule has 1 unspecified atom stereocenters. The van der Waals surface area contributed by atoms with Gasteiger partial charge in [-0.1, -0.05) is 13.0 Å². The molecule has 0 spiro atoms. The molecule has 0 amide bonds. The molecule has 1 fully saturated rings. The van der Waals surface area contributed by atoms with Gasteiger partial charge in [0.25, 0.3) is 0 Å².